The van der Waals surface area contributed by atoms with E-state index in [4.69, 9.17) is 32.7 Å². The topological polar surface area (TPSA) is 97.0 Å². The molecular weight excluding hydrogens is 623 g/mol. The molecule has 0 aliphatic heterocycles. The van der Waals surface area contributed by atoms with Crippen molar-refractivity contribution in [1.29, 1.82) is 0 Å². The average Bonchev–Trinajstić information content (AvgIpc) is 2.98. The second-order valence-corrected chi connectivity index (χ2v) is 11.8. The Morgan fingerprint density at radius 3 is 2.26 bits per heavy atom. The first-order valence-electron chi connectivity index (χ1n) is 12.8. The van der Waals surface area contributed by atoms with Crippen molar-refractivity contribution in [3.63, 3.8) is 0 Å². The maximum absolute atomic E-state index is 14.6. The Balaban J connectivity index is 1.72. The Morgan fingerprint density at radius 2 is 1.58 bits per heavy atom. The number of para-hydroxylation sites is 1. The van der Waals surface area contributed by atoms with Gasteiger partial charge in [-0.3, -0.25) is 4.31 Å². The van der Waals surface area contributed by atoms with Crippen molar-refractivity contribution in [3.05, 3.63) is 112 Å². The Kier molecular flexibility index (Phi) is 10.3. The van der Waals surface area contributed by atoms with Crippen molar-refractivity contribution < 1.29 is 31.5 Å². The molecule has 4 rings (SSSR count). The van der Waals surface area contributed by atoms with Crippen LogP contribution >= 0.6 is 23.2 Å². The summed E-state index contributed by atoms with van der Waals surface area (Å²) in [6, 6.07) is 17.9. The highest BCUT2D eigenvalue weighted by Crippen LogP contribution is 2.35. The molecule has 0 saturated heterocycles. The molecule has 0 spiro atoms. The van der Waals surface area contributed by atoms with Crippen LogP contribution in [0.25, 0.3) is 0 Å². The van der Waals surface area contributed by atoms with Gasteiger partial charge in [0.2, 0.25) is 0 Å². The first-order valence-corrected chi connectivity index (χ1v) is 15.0. The predicted molar refractivity (Wildman–Crippen MR) is 163 cm³/mol. The van der Waals surface area contributed by atoms with Crippen molar-refractivity contribution in [2.75, 3.05) is 36.9 Å². The van der Waals surface area contributed by atoms with Gasteiger partial charge in [0.15, 0.2) is 11.5 Å². The van der Waals surface area contributed by atoms with E-state index in [-0.39, 0.29) is 52.0 Å². The number of urea groups is 1. The van der Waals surface area contributed by atoms with Crippen LogP contribution < -0.4 is 24.4 Å². The zero-order chi connectivity index (χ0) is 31.1. The molecule has 0 aliphatic rings. The number of sulfonamides is 1. The highest BCUT2D eigenvalue weighted by molar-refractivity contribution is 7.92. The standard InChI is InChI=1S/C30H27Cl2F2N3O5S/c1-41-28-13-11-21(18-29(28)42-2)43(39,40)37(15-14-35-30(38)36-26-9-4-3-6-23(26)32)27-12-10-20(31)16-19(27)17-22-24(33)7-5-8-25(22)34/h3-13,16,18H,14-15,17H2,1-2H3,(H2,35,36,38). The molecule has 0 atom stereocenters. The van der Waals surface area contributed by atoms with E-state index in [1.54, 1.807) is 24.3 Å². The fourth-order valence-electron chi connectivity index (χ4n) is 4.31. The van der Waals surface area contributed by atoms with Crippen molar-refractivity contribution >= 4 is 50.6 Å². The number of nitrogens with zero attached hydrogens (tertiary/aromatic N) is 1. The Hall–Kier alpha value is -4.06. The van der Waals surface area contributed by atoms with Crippen LogP contribution in [0.5, 0.6) is 11.5 Å². The lowest BCUT2D eigenvalue weighted by molar-refractivity contribution is 0.252. The molecule has 0 heterocycles. The minimum atomic E-state index is -4.35. The molecule has 4 aromatic carbocycles. The van der Waals surface area contributed by atoms with Gasteiger partial charge < -0.3 is 20.1 Å². The third-order valence-electron chi connectivity index (χ3n) is 6.40. The molecule has 0 radical (unpaired) electrons. The molecule has 13 heteroatoms. The summed E-state index contributed by atoms with van der Waals surface area (Å²) in [5.74, 6) is -1.10. The number of carbonyl (C=O) groups is 1. The van der Waals surface area contributed by atoms with E-state index in [0.717, 1.165) is 16.4 Å². The van der Waals surface area contributed by atoms with Crippen LogP contribution in [0.1, 0.15) is 11.1 Å². The summed E-state index contributed by atoms with van der Waals surface area (Å²) in [5.41, 5.74) is 0.450. The lowest BCUT2D eigenvalue weighted by Gasteiger charge is -2.27. The van der Waals surface area contributed by atoms with Crippen molar-refractivity contribution in [3.8, 4) is 11.5 Å². The van der Waals surface area contributed by atoms with Gasteiger partial charge in [0.05, 0.1) is 42.1 Å². The smallest absolute Gasteiger partial charge is 0.319 e. The zero-order valence-electron chi connectivity index (χ0n) is 23.0. The van der Waals surface area contributed by atoms with Crippen molar-refractivity contribution in [1.82, 2.24) is 5.32 Å². The second kappa shape index (κ2) is 13.9. The van der Waals surface area contributed by atoms with Gasteiger partial charge in [-0.05, 0) is 60.2 Å². The van der Waals surface area contributed by atoms with Gasteiger partial charge in [0, 0.05) is 29.6 Å². The van der Waals surface area contributed by atoms with Gasteiger partial charge in [0.1, 0.15) is 11.6 Å². The summed E-state index contributed by atoms with van der Waals surface area (Å²) in [5, 5.41) is 5.77. The normalized spacial score (nSPS) is 11.1. The number of hydrogen-bond acceptors (Lipinski definition) is 5. The van der Waals surface area contributed by atoms with Gasteiger partial charge in [-0.2, -0.15) is 0 Å². The number of benzene rings is 4. The van der Waals surface area contributed by atoms with Crippen LogP contribution in [0.15, 0.2) is 83.8 Å². The molecule has 226 valence electrons. The first kappa shape index (κ1) is 31.9. The van der Waals surface area contributed by atoms with E-state index in [9.17, 15) is 22.0 Å². The minimum Gasteiger partial charge on any atom is -0.493 e. The van der Waals surface area contributed by atoms with E-state index in [0.29, 0.717) is 16.5 Å². The zero-order valence-corrected chi connectivity index (χ0v) is 25.4. The van der Waals surface area contributed by atoms with E-state index < -0.39 is 27.7 Å². The summed E-state index contributed by atoms with van der Waals surface area (Å²) in [4.78, 5) is 12.5. The predicted octanol–water partition coefficient (Wildman–Crippen LogP) is 6.90. The third kappa shape index (κ3) is 7.48. The summed E-state index contributed by atoms with van der Waals surface area (Å²) >= 11 is 12.4. The molecule has 2 N–H and O–H groups in total. The van der Waals surface area contributed by atoms with Crippen molar-refractivity contribution in [2.45, 2.75) is 11.3 Å². The van der Waals surface area contributed by atoms with E-state index in [1.165, 1.54) is 56.7 Å². The van der Waals surface area contributed by atoms with Crippen LogP contribution in [0.4, 0.5) is 25.0 Å². The molecule has 4 aromatic rings. The maximum Gasteiger partial charge on any atom is 0.319 e. The average molecular weight is 651 g/mol. The monoisotopic (exact) mass is 649 g/mol. The molecule has 0 aromatic heterocycles. The highest BCUT2D eigenvalue weighted by Gasteiger charge is 2.29. The molecule has 0 saturated carbocycles. The van der Waals surface area contributed by atoms with E-state index in [2.05, 4.69) is 10.6 Å². The van der Waals surface area contributed by atoms with Crippen LogP contribution in [0, 0.1) is 11.6 Å². The SMILES string of the molecule is COc1ccc(S(=O)(=O)N(CCNC(=O)Nc2ccccc2Cl)c2ccc(Cl)cc2Cc2c(F)cccc2F)cc1OC. The Labute approximate surface area is 258 Å². The van der Waals surface area contributed by atoms with Gasteiger partial charge in [-0.25, -0.2) is 22.0 Å². The number of ether oxygens (including phenoxy) is 2. The quantitative estimate of drug-likeness (QED) is 0.184. The number of carbonyl (C=O) groups excluding carboxylic acids is 1. The summed E-state index contributed by atoms with van der Waals surface area (Å²) in [6.07, 6.45) is -0.299. The van der Waals surface area contributed by atoms with Gasteiger partial charge >= 0.3 is 6.03 Å². The lowest BCUT2D eigenvalue weighted by atomic mass is 10.0. The van der Waals surface area contributed by atoms with E-state index in [1.807, 2.05) is 0 Å². The molecule has 0 aliphatic carbocycles. The highest BCUT2D eigenvalue weighted by atomic mass is 35.5. The molecule has 0 unspecified atom stereocenters. The molecule has 0 fully saturated rings. The van der Waals surface area contributed by atoms with Gasteiger partial charge in [-0.1, -0.05) is 41.4 Å². The fourth-order valence-corrected chi connectivity index (χ4v) is 6.20. The number of methoxy groups -OCH3 is 2. The van der Waals surface area contributed by atoms with Crippen LogP contribution in [0.3, 0.4) is 0 Å². The number of hydrogen-bond donors (Lipinski definition) is 2. The summed E-state index contributed by atoms with van der Waals surface area (Å²) in [7, 11) is -1.56. The van der Waals surface area contributed by atoms with E-state index >= 15 is 0 Å². The number of anilines is 2. The van der Waals surface area contributed by atoms with Crippen LogP contribution in [-0.4, -0.2) is 41.8 Å². The largest absolute Gasteiger partial charge is 0.493 e. The number of nitrogens with one attached hydrogen (secondary N) is 2. The Morgan fingerprint density at radius 1 is 0.884 bits per heavy atom. The molecule has 43 heavy (non-hydrogen) atoms. The number of halogens is 4. The molecule has 0 bridgehead atoms. The van der Waals surface area contributed by atoms with Crippen LogP contribution in [-0.2, 0) is 16.4 Å². The van der Waals surface area contributed by atoms with Crippen molar-refractivity contribution in [2.24, 2.45) is 0 Å². The first-order chi connectivity index (χ1) is 20.5. The molecule has 8 nitrogen and oxygen atoms in total. The Bertz CT molecular complexity index is 1720. The number of rotatable bonds is 11. The summed E-state index contributed by atoms with van der Waals surface area (Å²) in [6.45, 7) is -0.417. The fraction of sp³-hybridized carbons (Fsp3) is 0.167. The third-order valence-corrected chi connectivity index (χ3v) is 8.78. The molecular formula is C30H27Cl2F2N3O5S. The van der Waals surface area contributed by atoms with Crippen LogP contribution in [0.2, 0.25) is 10.0 Å². The lowest BCUT2D eigenvalue weighted by Crippen LogP contribution is -2.40. The van der Waals surface area contributed by atoms with Gasteiger partial charge in [0.25, 0.3) is 10.0 Å². The van der Waals surface area contributed by atoms with Gasteiger partial charge in [-0.15, -0.1) is 0 Å². The minimum absolute atomic E-state index is 0.107. The molecule has 2 amide bonds. The maximum atomic E-state index is 14.6. The second-order valence-electron chi connectivity index (χ2n) is 9.10. The number of amides is 2. The summed E-state index contributed by atoms with van der Waals surface area (Å²) < 4.78 is 69.1.